The van der Waals surface area contributed by atoms with E-state index in [-0.39, 0.29) is 12.5 Å². The highest BCUT2D eigenvalue weighted by molar-refractivity contribution is 5.76. The predicted molar refractivity (Wildman–Crippen MR) is 327 cm³/mol. The molecule has 0 spiro atoms. The largest absolute Gasteiger partial charge is 0.394 e. The molecule has 0 aliphatic carbocycles. The Morgan fingerprint density at radius 3 is 1.25 bits per heavy atom. The minimum Gasteiger partial charge on any atom is -0.394 e. The summed E-state index contributed by atoms with van der Waals surface area (Å²) in [6, 6.07) is -0.830. The minimum atomic E-state index is -1.58. The fourth-order valence-corrected chi connectivity index (χ4v) is 9.91. The van der Waals surface area contributed by atoms with Crippen molar-refractivity contribution in [2.24, 2.45) is 0 Å². The zero-order valence-electron chi connectivity index (χ0n) is 49.7. The van der Waals surface area contributed by atoms with Gasteiger partial charge in [-0.1, -0.05) is 285 Å². The standard InChI is InChI=1S/C68H121NO8/c1-3-5-7-9-11-13-15-17-19-21-23-25-27-29-31-33-35-37-39-41-43-45-47-49-51-53-55-57-62(71)61(60-76-68-67(75)66(74)65(73)63(59-70)77-68)69-64(72)58-56-54-52-50-48-46-44-42-40-38-36-34-32-30-28-26-24-22-20-18-16-14-12-10-8-6-4-2/h6,8,12,14,18,20,24,26,30,32,47,49,55,57,61-63,65-68,70-71,73-75H,3-5,7,9-11,13,15-17,19,21-23,25,27-29,31,33-46,48,50-54,56,58-60H2,1-2H3,(H,69,72)/b8-6-,14-12-,20-18-,26-24-,32-30-,49-47+,57-55+. The lowest BCUT2D eigenvalue weighted by Crippen LogP contribution is -2.60. The van der Waals surface area contributed by atoms with Crippen LogP contribution in [-0.4, -0.2) is 87.5 Å². The molecule has 1 amide bonds. The molecular formula is C68H121NO8. The molecule has 1 aliphatic heterocycles. The number of unbranched alkanes of at least 4 members (excludes halogenated alkanes) is 33. The van der Waals surface area contributed by atoms with Crippen molar-refractivity contribution in [3.05, 3.63) is 85.1 Å². The quantitative estimate of drug-likeness (QED) is 0.0261. The molecule has 0 aromatic heterocycles. The molecular weight excluding hydrogens is 959 g/mol. The Hall–Kier alpha value is -2.63. The van der Waals surface area contributed by atoms with E-state index in [0.717, 1.165) is 77.0 Å². The van der Waals surface area contributed by atoms with E-state index >= 15 is 0 Å². The number of hydrogen-bond donors (Lipinski definition) is 6. The van der Waals surface area contributed by atoms with Crippen molar-refractivity contribution in [3.8, 4) is 0 Å². The smallest absolute Gasteiger partial charge is 0.220 e. The van der Waals surface area contributed by atoms with E-state index < -0.39 is 49.5 Å². The number of allylic oxidation sites excluding steroid dienone is 13. The highest BCUT2D eigenvalue weighted by Gasteiger charge is 2.44. The van der Waals surface area contributed by atoms with Gasteiger partial charge in [-0.05, 0) is 77.0 Å². The molecule has 0 aromatic carbocycles. The maximum absolute atomic E-state index is 13.1. The third kappa shape index (κ3) is 45.8. The molecule has 1 fully saturated rings. The van der Waals surface area contributed by atoms with Crippen molar-refractivity contribution in [1.82, 2.24) is 5.32 Å². The molecule has 1 aliphatic rings. The number of rotatable bonds is 55. The van der Waals surface area contributed by atoms with E-state index in [0.29, 0.717) is 6.42 Å². The van der Waals surface area contributed by atoms with Crippen LogP contribution in [0.2, 0.25) is 0 Å². The predicted octanol–water partition coefficient (Wildman–Crippen LogP) is 17.0. The van der Waals surface area contributed by atoms with Gasteiger partial charge in [0.05, 0.1) is 25.4 Å². The lowest BCUT2D eigenvalue weighted by Gasteiger charge is -2.40. The molecule has 1 heterocycles. The summed E-state index contributed by atoms with van der Waals surface area (Å²) in [7, 11) is 0. The zero-order valence-corrected chi connectivity index (χ0v) is 49.7. The van der Waals surface area contributed by atoms with Crippen LogP contribution < -0.4 is 5.32 Å². The van der Waals surface area contributed by atoms with Gasteiger partial charge < -0.3 is 40.3 Å². The summed E-state index contributed by atoms with van der Waals surface area (Å²) >= 11 is 0. The SMILES string of the molecule is CC/C=C\C/C=C\C/C=C\C/C=C\C/C=C\CCCCCCCCCCCCCC(=O)NC(COC1OC(CO)C(O)C(O)C1O)C(O)/C=C/CC/C=C/CCCCCCCCCCCCCCCCCCCCCCC. The van der Waals surface area contributed by atoms with Gasteiger partial charge in [0.1, 0.15) is 24.4 Å². The number of ether oxygens (including phenoxy) is 2. The van der Waals surface area contributed by atoms with Crippen LogP contribution in [0.5, 0.6) is 0 Å². The van der Waals surface area contributed by atoms with E-state index in [2.05, 4.69) is 92.1 Å². The fourth-order valence-electron chi connectivity index (χ4n) is 9.91. The van der Waals surface area contributed by atoms with Crippen molar-refractivity contribution in [1.29, 1.82) is 0 Å². The van der Waals surface area contributed by atoms with Crippen LogP contribution in [0.3, 0.4) is 0 Å². The third-order valence-corrected chi connectivity index (χ3v) is 15.0. The van der Waals surface area contributed by atoms with Gasteiger partial charge in [-0.3, -0.25) is 4.79 Å². The van der Waals surface area contributed by atoms with Crippen molar-refractivity contribution < 1.29 is 39.8 Å². The summed E-state index contributed by atoms with van der Waals surface area (Å²) in [5.74, 6) is -0.190. The van der Waals surface area contributed by atoms with Gasteiger partial charge in [0.25, 0.3) is 0 Å². The highest BCUT2D eigenvalue weighted by Crippen LogP contribution is 2.23. The van der Waals surface area contributed by atoms with Gasteiger partial charge in [-0.2, -0.15) is 0 Å². The second kappa shape index (κ2) is 56.6. The minimum absolute atomic E-state index is 0.190. The number of carbonyl (C=O) groups is 1. The van der Waals surface area contributed by atoms with Crippen molar-refractivity contribution in [3.63, 3.8) is 0 Å². The Kier molecular flexibility index (Phi) is 53.2. The van der Waals surface area contributed by atoms with Crippen molar-refractivity contribution in [2.75, 3.05) is 13.2 Å². The number of carbonyl (C=O) groups excluding carboxylic acids is 1. The van der Waals surface area contributed by atoms with Gasteiger partial charge in [-0.25, -0.2) is 0 Å². The molecule has 6 N–H and O–H groups in total. The maximum Gasteiger partial charge on any atom is 0.220 e. The number of hydrogen-bond acceptors (Lipinski definition) is 8. The number of amides is 1. The fraction of sp³-hybridized carbons (Fsp3) is 0.779. The van der Waals surface area contributed by atoms with Gasteiger partial charge in [0, 0.05) is 6.42 Å². The Balaban J connectivity index is 2.21. The number of nitrogens with one attached hydrogen (secondary N) is 1. The molecule has 77 heavy (non-hydrogen) atoms. The van der Waals surface area contributed by atoms with E-state index in [1.165, 1.54) is 186 Å². The highest BCUT2D eigenvalue weighted by atomic mass is 16.7. The first-order chi connectivity index (χ1) is 37.8. The summed E-state index contributed by atoms with van der Waals surface area (Å²) in [5.41, 5.74) is 0. The molecule has 0 aromatic rings. The maximum atomic E-state index is 13.1. The average Bonchev–Trinajstić information content (AvgIpc) is 3.43. The Morgan fingerprint density at radius 1 is 0.455 bits per heavy atom. The van der Waals surface area contributed by atoms with Gasteiger partial charge in [-0.15, -0.1) is 0 Å². The summed E-state index contributed by atoms with van der Waals surface area (Å²) < 4.78 is 11.3. The first-order valence-electron chi connectivity index (χ1n) is 32.3. The number of aliphatic hydroxyl groups is 5. The first kappa shape index (κ1) is 72.4. The van der Waals surface area contributed by atoms with Crippen LogP contribution >= 0.6 is 0 Å². The van der Waals surface area contributed by atoms with Crippen LogP contribution in [-0.2, 0) is 14.3 Å². The van der Waals surface area contributed by atoms with Crippen LogP contribution in [0.4, 0.5) is 0 Å². The second-order valence-electron chi connectivity index (χ2n) is 22.2. The van der Waals surface area contributed by atoms with Gasteiger partial charge in [0.2, 0.25) is 5.91 Å². The molecule has 7 atom stereocenters. The van der Waals surface area contributed by atoms with Crippen LogP contribution in [0.1, 0.15) is 284 Å². The third-order valence-electron chi connectivity index (χ3n) is 15.0. The van der Waals surface area contributed by atoms with Crippen molar-refractivity contribution in [2.45, 2.75) is 326 Å². The summed E-state index contributed by atoms with van der Waals surface area (Å²) in [5, 5.41) is 54.7. The second-order valence-corrected chi connectivity index (χ2v) is 22.2. The molecule has 446 valence electrons. The lowest BCUT2D eigenvalue weighted by molar-refractivity contribution is -0.302. The van der Waals surface area contributed by atoms with Crippen molar-refractivity contribution >= 4 is 5.91 Å². The molecule has 0 radical (unpaired) electrons. The molecule has 9 heteroatoms. The van der Waals surface area contributed by atoms with E-state index in [4.69, 9.17) is 9.47 Å². The monoisotopic (exact) mass is 1080 g/mol. The van der Waals surface area contributed by atoms with Crippen LogP contribution in [0, 0.1) is 0 Å². The van der Waals surface area contributed by atoms with E-state index in [9.17, 15) is 30.3 Å². The Morgan fingerprint density at radius 2 is 0.818 bits per heavy atom. The van der Waals surface area contributed by atoms with Crippen LogP contribution in [0.25, 0.3) is 0 Å². The average molecular weight is 1080 g/mol. The van der Waals surface area contributed by atoms with Gasteiger partial charge in [0.15, 0.2) is 6.29 Å². The zero-order chi connectivity index (χ0) is 55.8. The van der Waals surface area contributed by atoms with Gasteiger partial charge >= 0.3 is 0 Å². The molecule has 7 unspecified atom stereocenters. The summed E-state index contributed by atoms with van der Waals surface area (Å²) in [6.45, 7) is 3.67. The number of aliphatic hydroxyl groups excluding tert-OH is 5. The molecule has 9 nitrogen and oxygen atoms in total. The topological polar surface area (TPSA) is 149 Å². The lowest BCUT2D eigenvalue weighted by atomic mass is 9.99. The molecule has 1 rings (SSSR count). The summed E-state index contributed by atoms with van der Waals surface area (Å²) in [4.78, 5) is 13.1. The molecule has 1 saturated heterocycles. The Labute approximate surface area is 473 Å². The van der Waals surface area contributed by atoms with Crippen LogP contribution in [0.15, 0.2) is 85.1 Å². The molecule has 0 saturated carbocycles. The Bertz CT molecular complexity index is 1490. The van der Waals surface area contributed by atoms with E-state index in [1.54, 1.807) is 6.08 Å². The normalized spacial score (nSPS) is 19.3. The summed E-state index contributed by atoms with van der Waals surface area (Å²) in [6.07, 6.45) is 73.8. The first-order valence-corrected chi connectivity index (χ1v) is 32.3. The van der Waals surface area contributed by atoms with E-state index in [1.807, 2.05) is 6.08 Å². The molecule has 0 bridgehead atoms.